The number of Topliss-reactive ketones (excluding diaryl/α,β-unsaturated/α-hetero) is 1. The molecule has 0 aliphatic heterocycles. The summed E-state index contributed by atoms with van der Waals surface area (Å²) < 4.78 is 33.7. The Morgan fingerprint density at radius 2 is 1.82 bits per heavy atom. The smallest absolute Gasteiger partial charge is 0.295 e. The first kappa shape index (κ1) is 23.1. The van der Waals surface area contributed by atoms with E-state index in [0.717, 1.165) is 18.4 Å². The maximum atomic E-state index is 12.0. The monoisotopic (exact) mass is 478 g/mol. The third kappa shape index (κ3) is 4.65. The summed E-state index contributed by atoms with van der Waals surface area (Å²) in [6.07, 6.45) is 7.16. The first-order valence-electron chi connectivity index (χ1n) is 10.3. The summed E-state index contributed by atoms with van der Waals surface area (Å²) in [4.78, 5) is 16.1. The zero-order chi connectivity index (χ0) is 24.3. The van der Waals surface area contributed by atoms with Crippen molar-refractivity contribution in [1.29, 1.82) is 0 Å². The Kier molecular flexibility index (Phi) is 6.39. The molecule has 4 rings (SSSR count). The lowest BCUT2D eigenvalue weighted by Crippen LogP contribution is -2.11. The van der Waals surface area contributed by atoms with E-state index in [1.54, 1.807) is 42.6 Å². The second kappa shape index (κ2) is 9.41. The van der Waals surface area contributed by atoms with Crippen molar-refractivity contribution in [1.82, 2.24) is 4.98 Å². The van der Waals surface area contributed by atoms with Gasteiger partial charge in [-0.25, -0.2) is 0 Å². The van der Waals surface area contributed by atoms with Gasteiger partial charge in [0.25, 0.3) is 10.1 Å². The van der Waals surface area contributed by atoms with E-state index in [-0.39, 0.29) is 27.4 Å². The molecule has 5 N–H and O–H groups in total. The van der Waals surface area contributed by atoms with Gasteiger partial charge in [0.1, 0.15) is 10.6 Å². The Hall–Kier alpha value is -4.09. The molecule has 10 nitrogen and oxygen atoms in total. The van der Waals surface area contributed by atoms with Gasteiger partial charge in [0.2, 0.25) is 0 Å². The van der Waals surface area contributed by atoms with Crippen LogP contribution in [0.25, 0.3) is 16.3 Å². The molecule has 1 aromatic heterocycles. The van der Waals surface area contributed by atoms with Crippen LogP contribution < -0.4 is 16.7 Å². The fourth-order valence-electron chi connectivity index (χ4n) is 3.82. The first-order chi connectivity index (χ1) is 16.3. The van der Waals surface area contributed by atoms with Crippen molar-refractivity contribution < 1.29 is 17.8 Å². The molecule has 2 aromatic carbocycles. The van der Waals surface area contributed by atoms with Crippen molar-refractivity contribution in [2.24, 2.45) is 16.2 Å². The fraction of sp³-hybridized carbons (Fsp3) is 0.130. The van der Waals surface area contributed by atoms with Gasteiger partial charge < -0.3 is 5.84 Å². The number of carbonyl (C=O) groups is 1. The van der Waals surface area contributed by atoms with Crippen LogP contribution in [0.4, 0.5) is 17.1 Å². The number of rotatable bonds is 7. The second-order valence-corrected chi connectivity index (χ2v) is 8.95. The number of ketones is 1. The van der Waals surface area contributed by atoms with Gasteiger partial charge in [-0.3, -0.25) is 25.2 Å². The van der Waals surface area contributed by atoms with Crippen molar-refractivity contribution in [3.05, 3.63) is 72.1 Å². The molecule has 0 atom stereocenters. The summed E-state index contributed by atoms with van der Waals surface area (Å²) >= 11 is 0. The minimum absolute atomic E-state index is 0.0100. The number of aromatic nitrogens is 1. The average Bonchev–Trinajstić information content (AvgIpc) is 2.83. The number of nitrogens with two attached hydrogens (primary N) is 1. The lowest BCUT2D eigenvalue weighted by Gasteiger charge is -2.16. The highest BCUT2D eigenvalue weighted by atomic mass is 32.2. The predicted molar refractivity (Wildman–Crippen MR) is 130 cm³/mol. The maximum absolute atomic E-state index is 12.0. The third-order valence-electron chi connectivity index (χ3n) is 5.33. The Labute approximate surface area is 196 Å². The zero-order valence-corrected chi connectivity index (χ0v) is 19.0. The van der Waals surface area contributed by atoms with Crippen LogP contribution in [-0.4, -0.2) is 23.7 Å². The first-order valence-corrected chi connectivity index (χ1v) is 11.8. The van der Waals surface area contributed by atoms with Gasteiger partial charge in [-0.05, 0) is 38.0 Å². The second-order valence-electron chi connectivity index (χ2n) is 7.56. The van der Waals surface area contributed by atoms with Crippen LogP contribution in [0, 0.1) is 0 Å². The van der Waals surface area contributed by atoms with E-state index in [9.17, 15) is 17.8 Å². The largest absolute Gasteiger partial charge is 0.305 e. The number of allylic oxidation sites excluding steroid dienone is 4. The van der Waals surface area contributed by atoms with Gasteiger partial charge in [-0.15, -0.1) is 5.11 Å². The van der Waals surface area contributed by atoms with Crippen LogP contribution in [-0.2, 0) is 14.9 Å². The van der Waals surface area contributed by atoms with E-state index >= 15 is 0 Å². The van der Waals surface area contributed by atoms with E-state index in [1.165, 1.54) is 13.0 Å². The minimum Gasteiger partial charge on any atom is -0.305 e. The van der Waals surface area contributed by atoms with Crippen LogP contribution in [0.5, 0.6) is 0 Å². The van der Waals surface area contributed by atoms with E-state index in [4.69, 9.17) is 5.84 Å². The summed E-state index contributed by atoms with van der Waals surface area (Å²) in [5.41, 5.74) is 9.02. The number of fused-ring (bicyclic) bond motifs is 1. The van der Waals surface area contributed by atoms with E-state index in [1.807, 2.05) is 12.2 Å². The standard InChI is InChI=1S/C23H22N6O4S/c1-14(30)16-6-2-3-7-17(16)20-11-10-15(13-25-20)26-27-21-12-22(34(31,32)33)18-8-4-5-9-19(18)23(21)28-29-24/h4-13,26-27H,2-3H2,1H3,(H2,24,28)(H,31,32,33). The van der Waals surface area contributed by atoms with Crippen LogP contribution in [0.2, 0.25) is 0 Å². The Morgan fingerprint density at radius 1 is 1.09 bits per heavy atom. The summed E-state index contributed by atoms with van der Waals surface area (Å²) in [7, 11) is -4.52. The number of hydrazine groups is 1. The molecule has 0 saturated carbocycles. The van der Waals surface area contributed by atoms with Gasteiger partial charge in [0.15, 0.2) is 5.78 Å². The number of nitrogens with zero attached hydrogens (tertiary/aromatic N) is 3. The third-order valence-corrected chi connectivity index (χ3v) is 6.22. The van der Waals surface area contributed by atoms with Crippen molar-refractivity contribution >= 4 is 49.3 Å². The fourth-order valence-corrected chi connectivity index (χ4v) is 4.54. The number of nitrogens with one attached hydrogen (secondary N) is 2. The highest BCUT2D eigenvalue weighted by Crippen LogP contribution is 2.38. The summed E-state index contributed by atoms with van der Waals surface area (Å²) in [6, 6.07) is 11.3. The van der Waals surface area contributed by atoms with Gasteiger partial charge >= 0.3 is 0 Å². The quantitative estimate of drug-likeness (QED) is 0.166. The van der Waals surface area contributed by atoms with Gasteiger partial charge in [-0.2, -0.15) is 8.42 Å². The maximum Gasteiger partial charge on any atom is 0.295 e. The van der Waals surface area contributed by atoms with Gasteiger partial charge in [-0.1, -0.05) is 41.6 Å². The molecule has 0 unspecified atom stereocenters. The molecule has 1 aliphatic rings. The Balaban J connectivity index is 1.65. The number of anilines is 2. The molecule has 3 aromatic rings. The molecule has 0 bridgehead atoms. The van der Waals surface area contributed by atoms with Crippen LogP contribution in [0.3, 0.4) is 0 Å². The number of hydrogen-bond donors (Lipinski definition) is 4. The van der Waals surface area contributed by atoms with Crippen LogP contribution in [0.15, 0.2) is 81.6 Å². The van der Waals surface area contributed by atoms with Crippen LogP contribution in [0.1, 0.15) is 25.5 Å². The minimum atomic E-state index is -4.52. The molecule has 1 aliphatic carbocycles. The highest BCUT2D eigenvalue weighted by Gasteiger charge is 2.20. The molecule has 0 amide bonds. The van der Waals surface area contributed by atoms with Crippen molar-refractivity contribution in [2.75, 3.05) is 10.9 Å². The van der Waals surface area contributed by atoms with E-state index in [2.05, 4.69) is 26.2 Å². The van der Waals surface area contributed by atoms with Crippen LogP contribution >= 0.6 is 0 Å². The molecule has 0 saturated heterocycles. The van der Waals surface area contributed by atoms with Crippen molar-refractivity contribution in [2.45, 2.75) is 24.7 Å². The molecule has 0 spiro atoms. The molecule has 0 radical (unpaired) electrons. The average molecular weight is 479 g/mol. The lowest BCUT2D eigenvalue weighted by atomic mass is 9.92. The van der Waals surface area contributed by atoms with Crippen molar-refractivity contribution in [3.63, 3.8) is 0 Å². The summed E-state index contributed by atoms with van der Waals surface area (Å²) in [5, 5.41) is 7.98. The topological polar surface area (TPSA) is 159 Å². The normalized spacial score (nSPS) is 14.1. The number of carbonyl (C=O) groups excluding carboxylic acids is 1. The molecular weight excluding hydrogens is 456 g/mol. The Morgan fingerprint density at radius 3 is 2.47 bits per heavy atom. The molecule has 174 valence electrons. The van der Waals surface area contributed by atoms with Crippen molar-refractivity contribution in [3.8, 4) is 0 Å². The Bertz CT molecular complexity index is 1460. The van der Waals surface area contributed by atoms with Gasteiger partial charge in [0, 0.05) is 21.9 Å². The number of hydrogen-bond acceptors (Lipinski definition) is 8. The SMILES string of the molecule is CC(=O)C1=CCCC=C1c1ccc(NNc2cc(S(=O)(=O)O)c3ccccc3c2N=NN)cn1. The molecule has 1 heterocycles. The highest BCUT2D eigenvalue weighted by molar-refractivity contribution is 7.86. The predicted octanol–water partition coefficient (Wildman–Crippen LogP) is 4.57. The molecular formula is C23H22N6O4S. The van der Waals surface area contributed by atoms with E-state index in [0.29, 0.717) is 22.3 Å². The lowest BCUT2D eigenvalue weighted by molar-refractivity contribution is -0.113. The molecule has 34 heavy (non-hydrogen) atoms. The zero-order valence-electron chi connectivity index (χ0n) is 18.2. The summed E-state index contributed by atoms with van der Waals surface area (Å²) in [5.74, 6) is 5.26. The van der Waals surface area contributed by atoms with E-state index < -0.39 is 10.1 Å². The number of pyridine rings is 1. The number of benzene rings is 2. The molecule has 0 fully saturated rings. The summed E-state index contributed by atoms with van der Waals surface area (Å²) in [6.45, 7) is 1.53. The molecule has 11 heteroatoms. The van der Waals surface area contributed by atoms with Gasteiger partial charge in [0.05, 0.1) is 23.3 Å².